The van der Waals surface area contributed by atoms with Gasteiger partial charge in [-0.3, -0.25) is 14.6 Å². The Kier molecular flexibility index (Phi) is 2.86. The quantitative estimate of drug-likeness (QED) is 0.852. The van der Waals surface area contributed by atoms with Crippen molar-refractivity contribution < 1.29 is 9.59 Å². The summed E-state index contributed by atoms with van der Waals surface area (Å²) >= 11 is 0. The number of nitrogens with zero attached hydrogens (tertiary/aromatic N) is 4. The van der Waals surface area contributed by atoms with Crippen LogP contribution in [0, 0.1) is 24.2 Å². The third-order valence-corrected chi connectivity index (χ3v) is 8.98. The van der Waals surface area contributed by atoms with E-state index >= 15 is 0 Å². The highest BCUT2D eigenvalue weighted by Crippen LogP contribution is 2.85. The van der Waals surface area contributed by atoms with Crippen LogP contribution in [0.25, 0.3) is 0 Å². The number of nitrogens with one attached hydrogen (secondary N) is 1. The summed E-state index contributed by atoms with van der Waals surface area (Å²) in [5, 5.41) is 3.42. The molecule has 7 nitrogen and oxygen atoms in total. The topological polar surface area (TPSA) is 88.1 Å². The fourth-order valence-corrected chi connectivity index (χ4v) is 8.31. The van der Waals surface area contributed by atoms with Gasteiger partial charge in [0.25, 0.3) is 11.8 Å². The van der Waals surface area contributed by atoms with E-state index in [1.54, 1.807) is 25.4 Å². The average molecular weight is 401 g/mol. The van der Waals surface area contributed by atoms with Crippen LogP contribution in [0.4, 0.5) is 0 Å². The molecule has 4 aliphatic carbocycles. The number of hydrogen-bond donors (Lipinski definition) is 1. The van der Waals surface area contributed by atoms with Gasteiger partial charge in [-0.05, 0) is 63.0 Å². The maximum atomic E-state index is 13.3. The summed E-state index contributed by atoms with van der Waals surface area (Å²) in [5.41, 5.74) is 1.74. The van der Waals surface area contributed by atoms with Crippen LogP contribution >= 0.6 is 0 Å². The lowest BCUT2D eigenvalue weighted by molar-refractivity contribution is -0.260. The second-order valence-electron chi connectivity index (χ2n) is 10.0. The number of aryl methyl sites for hydroxylation is 1. The SMILES string of the molecule is Cc1nccc(C(=O)NC23CC4CC5(N6Cc7cccnc7C6=O)CC(C2)C35C4)n1. The molecule has 0 saturated heterocycles. The minimum Gasteiger partial charge on any atom is -0.345 e. The Morgan fingerprint density at radius 2 is 2.03 bits per heavy atom. The van der Waals surface area contributed by atoms with Gasteiger partial charge in [0.15, 0.2) is 0 Å². The lowest BCUT2D eigenvalue weighted by atomic mass is 9.31. The fourth-order valence-electron chi connectivity index (χ4n) is 8.31. The molecule has 4 saturated carbocycles. The van der Waals surface area contributed by atoms with Crippen molar-refractivity contribution in [3.8, 4) is 0 Å². The van der Waals surface area contributed by atoms with Gasteiger partial charge in [-0.15, -0.1) is 0 Å². The van der Waals surface area contributed by atoms with Crippen LogP contribution in [-0.2, 0) is 6.54 Å². The van der Waals surface area contributed by atoms with Gasteiger partial charge < -0.3 is 10.2 Å². The van der Waals surface area contributed by atoms with Crippen LogP contribution in [0.2, 0.25) is 0 Å². The molecule has 5 aliphatic rings. The normalized spacial score (nSPS) is 39.2. The zero-order chi connectivity index (χ0) is 20.3. The molecule has 1 N–H and O–H groups in total. The number of aromatic nitrogens is 3. The Morgan fingerprint density at radius 3 is 2.83 bits per heavy atom. The predicted molar refractivity (Wildman–Crippen MR) is 106 cm³/mol. The number of carbonyl (C=O) groups excluding carboxylic acids is 2. The molecule has 30 heavy (non-hydrogen) atoms. The predicted octanol–water partition coefficient (Wildman–Crippen LogP) is 2.27. The van der Waals surface area contributed by atoms with Crippen molar-refractivity contribution in [1.29, 1.82) is 0 Å². The molecule has 7 heteroatoms. The molecule has 152 valence electrons. The molecule has 0 radical (unpaired) electrons. The van der Waals surface area contributed by atoms with E-state index in [0.29, 0.717) is 35.6 Å². The highest BCUT2D eigenvalue weighted by molar-refractivity contribution is 5.97. The minimum absolute atomic E-state index is 0.0140. The van der Waals surface area contributed by atoms with E-state index in [9.17, 15) is 9.59 Å². The first-order chi connectivity index (χ1) is 14.5. The first-order valence-electron chi connectivity index (χ1n) is 10.9. The fraction of sp³-hybridized carbons (Fsp3) is 0.522. The molecule has 4 fully saturated rings. The largest absolute Gasteiger partial charge is 0.345 e. The number of pyridine rings is 1. The molecular weight excluding hydrogens is 378 g/mol. The van der Waals surface area contributed by atoms with Crippen molar-refractivity contribution in [3.63, 3.8) is 0 Å². The number of hydrogen-bond acceptors (Lipinski definition) is 5. The van der Waals surface area contributed by atoms with E-state index in [2.05, 4.69) is 25.2 Å². The van der Waals surface area contributed by atoms with Gasteiger partial charge in [0.1, 0.15) is 17.2 Å². The lowest BCUT2D eigenvalue weighted by Crippen LogP contribution is -2.86. The summed E-state index contributed by atoms with van der Waals surface area (Å²) in [6.45, 7) is 2.45. The Labute approximate surface area is 174 Å². The van der Waals surface area contributed by atoms with Gasteiger partial charge in [-0.2, -0.15) is 0 Å². The van der Waals surface area contributed by atoms with E-state index in [1.807, 2.05) is 12.1 Å². The van der Waals surface area contributed by atoms with Gasteiger partial charge in [0.05, 0.1) is 5.54 Å². The molecule has 1 aliphatic heterocycles. The van der Waals surface area contributed by atoms with Gasteiger partial charge in [-0.25, -0.2) is 9.97 Å². The Balaban J connectivity index is 1.24. The summed E-state index contributed by atoms with van der Waals surface area (Å²) in [6, 6.07) is 5.61. The van der Waals surface area contributed by atoms with Crippen molar-refractivity contribution in [2.45, 2.75) is 56.7 Å². The zero-order valence-corrected chi connectivity index (χ0v) is 16.9. The molecule has 0 aromatic carbocycles. The van der Waals surface area contributed by atoms with E-state index in [4.69, 9.17) is 0 Å². The standard InChI is InChI=1S/C23H23N5O2/c1-13-24-6-4-17(26-13)19(29)27-21-7-14-8-22(11-16(10-21)23(21,22)9-14)28-12-15-3-2-5-25-18(15)20(28)30/h2-6,14,16H,7-12H2,1H3,(H,27,29). The van der Waals surface area contributed by atoms with E-state index in [0.717, 1.165) is 37.7 Å². The zero-order valence-electron chi connectivity index (χ0n) is 16.9. The van der Waals surface area contributed by atoms with Gasteiger partial charge >= 0.3 is 0 Å². The van der Waals surface area contributed by atoms with Crippen LogP contribution in [0.5, 0.6) is 0 Å². The second-order valence-corrected chi connectivity index (χ2v) is 10.0. The van der Waals surface area contributed by atoms with E-state index < -0.39 is 0 Å². The first-order valence-corrected chi connectivity index (χ1v) is 10.9. The highest BCUT2D eigenvalue weighted by Gasteiger charge is 2.88. The van der Waals surface area contributed by atoms with Crippen LogP contribution in [0.1, 0.15) is 64.5 Å². The lowest BCUT2D eigenvalue weighted by Gasteiger charge is -2.79. The molecule has 2 amide bonds. The number of rotatable bonds is 3. The molecule has 7 rings (SSSR count). The highest BCUT2D eigenvalue weighted by atomic mass is 16.2. The monoisotopic (exact) mass is 401 g/mol. The summed E-state index contributed by atoms with van der Waals surface area (Å²) in [7, 11) is 0. The van der Waals surface area contributed by atoms with Crippen molar-refractivity contribution >= 4 is 11.8 Å². The van der Waals surface area contributed by atoms with Crippen molar-refractivity contribution in [3.05, 3.63) is 53.4 Å². The molecular formula is C23H23N5O2. The van der Waals surface area contributed by atoms with Gasteiger partial charge in [0, 0.05) is 35.5 Å². The Morgan fingerprint density at radius 1 is 1.13 bits per heavy atom. The van der Waals surface area contributed by atoms with Gasteiger partial charge in [-0.1, -0.05) is 6.07 Å². The molecule has 1 spiro atoms. The first kappa shape index (κ1) is 16.9. The van der Waals surface area contributed by atoms with E-state index in [-0.39, 0.29) is 28.3 Å². The minimum atomic E-state index is -0.211. The molecule has 5 atom stereocenters. The average Bonchev–Trinajstić information content (AvgIpc) is 3.31. The maximum Gasteiger partial charge on any atom is 0.273 e. The van der Waals surface area contributed by atoms with Crippen molar-refractivity contribution in [2.75, 3.05) is 0 Å². The molecule has 2 aromatic heterocycles. The van der Waals surface area contributed by atoms with E-state index in [1.165, 1.54) is 0 Å². The maximum absolute atomic E-state index is 13.3. The number of amides is 2. The summed E-state index contributed by atoms with van der Waals surface area (Å²) in [6.07, 6.45) is 8.63. The smallest absolute Gasteiger partial charge is 0.273 e. The molecule has 2 aromatic rings. The van der Waals surface area contributed by atoms with Crippen LogP contribution in [0.3, 0.4) is 0 Å². The number of carbonyl (C=O) groups is 2. The third kappa shape index (κ3) is 1.66. The van der Waals surface area contributed by atoms with Crippen LogP contribution < -0.4 is 5.32 Å². The van der Waals surface area contributed by atoms with Gasteiger partial charge in [0.2, 0.25) is 0 Å². The number of fused-ring (bicyclic) bond motifs is 2. The molecule has 5 unspecified atom stereocenters. The van der Waals surface area contributed by atoms with Crippen molar-refractivity contribution in [1.82, 2.24) is 25.2 Å². The second kappa shape index (κ2) is 5.07. The summed E-state index contributed by atoms with van der Waals surface area (Å²) in [4.78, 5) is 41.3. The summed E-state index contributed by atoms with van der Waals surface area (Å²) < 4.78 is 0. The Bertz CT molecular complexity index is 1150. The van der Waals surface area contributed by atoms with Crippen LogP contribution in [-0.4, -0.2) is 42.7 Å². The molecule has 2 bridgehead atoms. The molecule has 3 heterocycles. The summed E-state index contributed by atoms with van der Waals surface area (Å²) in [5.74, 6) is 1.73. The third-order valence-electron chi connectivity index (χ3n) is 8.98. The van der Waals surface area contributed by atoms with Crippen molar-refractivity contribution in [2.24, 2.45) is 17.3 Å². The van der Waals surface area contributed by atoms with Crippen LogP contribution in [0.15, 0.2) is 30.6 Å². The Hall–Kier alpha value is -2.83.